The van der Waals surface area contributed by atoms with Crippen molar-refractivity contribution in [2.24, 2.45) is 17.6 Å². The number of nitrogens with zero attached hydrogens (tertiary/aromatic N) is 1. The lowest BCUT2D eigenvalue weighted by Crippen LogP contribution is -2.45. The summed E-state index contributed by atoms with van der Waals surface area (Å²) in [5.74, 6) is -0.442. The fraction of sp³-hybridized carbons (Fsp3) is 1.00. The summed E-state index contributed by atoms with van der Waals surface area (Å²) >= 11 is 0. The zero-order chi connectivity index (χ0) is 13.2. The maximum absolute atomic E-state index is 12.6. The first-order valence-electron chi connectivity index (χ1n) is 7.01. The van der Waals surface area contributed by atoms with Crippen LogP contribution >= 0.6 is 0 Å². The monoisotopic (exact) mass is 264 g/mol. The summed E-state index contributed by atoms with van der Waals surface area (Å²) < 4.78 is 37.7. The van der Waals surface area contributed by atoms with Crippen LogP contribution in [0.5, 0.6) is 0 Å². The van der Waals surface area contributed by atoms with Gasteiger partial charge in [-0.2, -0.15) is 13.2 Å². The molecule has 5 heteroatoms. The Morgan fingerprint density at radius 2 is 1.50 bits per heavy atom. The first kappa shape index (κ1) is 14.1. The number of rotatable bonds is 2. The van der Waals surface area contributed by atoms with Crippen molar-refractivity contribution in [3.63, 3.8) is 0 Å². The Labute approximate surface area is 107 Å². The van der Waals surface area contributed by atoms with Crippen LogP contribution in [0.1, 0.15) is 38.5 Å². The molecule has 1 saturated carbocycles. The molecule has 2 aliphatic rings. The Morgan fingerprint density at radius 1 is 0.944 bits per heavy atom. The molecule has 0 aromatic rings. The molecule has 0 radical (unpaired) electrons. The fourth-order valence-corrected chi connectivity index (χ4v) is 3.32. The normalized spacial score (nSPS) is 32.7. The third-order valence-electron chi connectivity index (χ3n) is 4.66. The van der Waals surface area contributed by atoms with Crippen molar-refractivity contribution >= 4 is 0 Å². The van der Waals surface area contributed by atoms with E-state index >= 15 is 0 Å². The molecule has 2 nitrogen and oxygen atoms in total. The van der Waals surface area contributed by atoms with Crippen molar-refractivity contribution in [1.82, 2.24) is 4.90 Å². The van der Waals surface area contributed by atoms with Crippen LogP contribution in [0.25, 0.3) is 0 Å². The summed E-state index contributed by atoms with van der Waals surface area (Å²) in [6.07, 6.45) is 0.258. The minimum atomic E-state index is -3.99. The van der Waals surface area contributed by atoms with Crippen LogP contribution in [0.4, 0.5) is 13.2 Å². The van der Waals surface area contributed by atoms with E-state index in [1.165, 1.54) is 0 Å². The lowest BCUT2D eigenvalue weighted by molar-refractivity contribution is -0.184. The number of piperidine rings is 1. The standard InChI is InChI=1S/C13H23F3N2/c14-13(15,16)11-1-3-12(4-2-11)18-7-5-10(9-17)6-8-18/h10-12H,1-9,17H2. The quantitative estimate of drug-likeness (QED) is 0.831. The van der Waals surface area contributed by atoms with Crippen molar-refractivity contribution in [3.05, 3.63) is 0 Å². The van der Waals surface area contributed by atoms with Gasteiger partial charge in [0.25, 0.3) is 0 Å². The third kappa shape index (κ3) is 3.38. The molecule has 0 spiro atoms. The van der Waals surface area contributed by atoms with E-state index in [-0.39, 0.29) is 0 Å². The summed E-state index contributed by atoms with van der Waals surface area (Å²) in [5.41, 5.74) is 5.65. The first-order chi connectivity index (χ1) is 8.50. The zero-order valence-electron chi connectivity index (χ0n) is 10.8. The SMILES string of the molecule is NCC1CCN(C2CCC(C(F)(F)F)CC2)CC1. The average Bonchev–Trinajstić information content (AvgIpc) is 2.38. The lowest BCUT2D eigenvalue weighted by atomic mass is 9.83. The van der Waals surface area contributed by atoms with E-state index in [0.29, 0.717) is 37.6 Å². The first-order valence-corrected chi connectivity index (χ1v) is 7.01. The van der Waals surface area contributed by atoms with E-state index in [4.69, 9.17) is 5.73 Å². The van der Waals surface area contributed by atoms with Crippen molar-refractivity contribution < 1.29 is 13.2 Å². The lowest BCUT2D eigenvalue weighted by Gasteiger charge is -2.40. The predicted octanol–water partition coefficient (Wildman–Crippen LogP) is 2.78. The Balaban J connectivity index is 1.77. The number of hydrogen-bond donors (Lipinski definition) is 1. The Hall–Kier alpha value is -0.290. The minimum Gasteiger partial charge on any atom is -0.330 e. The van der Waals surface area contributed by atoms with Gasteiger partial charge < -0.3 is 10.6 Å². The van der Waals surface area contributed by atoms with Crippen molar-refractivity contribution in [2.75, 3.05) is 19.6 Å². The van der Waals surface area contributed by atoms with Crippen LogP contribution in [0.15, 0.2) is 0 Å². The highest BCUT2D eigenvalue weighted by Gasteiger charge is 2.42. The van der Waals surface area contributed by atoms with Gasteiger partial charge in [0.1, 0.15) is 0 Å². The Bertz CT molecular complexity index is 251. The van der Waals surface area contributed by atoms with Gasteiger partial charge in [-0.3, -0.25) is 0 Å². The third-order valence-corrected chi connectivity index (χ3v) is 4.66. The highest BCUT2D eigenvalue weighted by atomic mass is 19.4. The van der Waals surface area contributed by atoms with Crippen LogP contribution < -0.4 is 5.73 Å². The van der Waals surface area contributed by atoms with E-state index in [1.54, 1.807) is 0 Å². The fourth-order valence-electron chi connectivity index (χ4n) is 3.32. The maximum atomic E-state index is 12.6. The highest BCUT2D eigenvalue weighted by Crippen LogP contribution is 2.39. The van der Waals surface area contributed by atoms with Crippen LogP contribution in [0, 0.1) is 11.8 Å². The smallest absolute Gasteiger partial charge is 0.330 e. The number of halogens is 3. The number of alkyl halides is 3. The van der Waals surface area contributed by atoms with Crippen LogP contribution in [0.2, 0.25) is 0 Å². The van der Waals surface area contributed by atoms with Crippen LogP contribution in [-0.4, -0.2) is 36.8 Å². The average molecular weight is 264 g/mol. The summed E-state index contributed by atoms with van der Waals surface area (Å²) in [7, 11) is 0. The van der Waals surface area contributed by atoms with Gasteiger partial charge in [-0.25, -0.2) is 0 Å². The van der Waals surface area contributed by atoms with Crippen LogP contribution in [-0.2, 0) is 0 Å². The van der Waals surface area contributed by atoms with E-state index in [1.807, 2.05) is 0 Å². The molecule has 1 saturated heterocycles. The van der Waals surface area contributed by atoms with E-state index in [9.17, 15) is 13.2 Å². The molecule has 18 heavy (non-hydrogen) atoms. The van der Waals surface area contributed by atoms with Gasteiger partial charge in [0, 0.05) is 6.04 Å². The summed E-state index contributed by atoms with van der Waals surface area (Å²) in [6, 6.07) is 0.377. The largest absolute Gasteiger partial charge is 0.391 e. The molecule has 1 aliphatic heterocycles. The zero-order valence-corrected chi connectivity index (χ0v) is 10.8. The topological polar surface area (TPSA) is 29.3 Å². The molecule has 2 rings (SSSR count). The van der Waals surface area contributed by atoms with Gasteiger partial charge in [-0.15, -0.1) is 0 Å². The molecule has 1 aliphatic carbocycles. The second kappa shape index (κ2) is 5.78. The molecule has 0 aromatic carbocycles. The Kier molecular flexibility index (Phi) is 4.54. The molecule has 0 aromatic heterocycles. The number of hydrogen-bond acceptors (Lipinski definition) is 2. The van der Waals surface area contributed by atoms with E-state index < -0.39 is 12.1 Å². The highest BCUT2D eigenvalue weighted by molar-refractivity contribution is 4.85. The summed E-state index contributed by atoms with van der Waals surface area (Å²) in [6.45, 7) is 2.78. The number of nitrogens with two attached hydrogens (primary N) is 1. The maximum Gasteiger partial charge on any atom is 0.391 e. The molecule has 0 bridgehead atoms. The minimum absolute atomic E-state index is 0.311. The molecule has 0 amide bonds. The van der Waals surface area contributed by atoms with Crippen molar-refractivity contribution in [1.29, 1.82) is 0 Å². The van der Waals surface area contributed by atoms with E-state index in [0.717, 1.165) is 32.5 Å². The second-order valence-corrected chi connectivity index (χ2v) is 5.76. The molecule has 2 N–H and O–H groups in total. The van der Waals surface area contributed by atoms with Gasteiger partial charge in [-0.05, 0) is 64.1 Å². The van der Waals surface area contributed by atoms with Gasteiger partial charge in [0.2, 0.25) is 0 Å². The molecule has 106 valence electrons. The molecule has 2 fully saturated rings. The molecule has 0 atom stereocenters. The van der Waals surface area contributed by atoms with Gasteiger partial charge >= 0.3 is 6.18 Å². The molecule has 0 unspecified atom stereocenters. The molecular weight excluding hydrogens is 241 g/mol. The summed E-state index contributed by atoms with van der Waals surface area (Å²) in [4.78, 5) is 2.39. The molecule has 1 heterocycles. The van der Waals surface area contributed by atoms with Gasteiger partial charge in [0.05, 0.1) is 5.92 Å². The van der Waals surface area contributed by atoms with Crippen molar-refractivity contribution in [2.45, 2.75) is 50.7 Å². The number of likely N-dealkylation sites (tertiary alicyclic amines) is 1. The Morgan fingerprint density at radius 3 is 1.94 bits per heavy atom. The molecular formula is C13H23F3N2. The van der Waals surface area contributed by atoms with Gasteiger partial charge in [-0.1, -0.05) is 0 Å². The van der Waals surface area contributed by atoms with Gasteiger partial charge in [0.15, 0.2) is 0 Å². The predicted molar refractivity (Wildman–Crippen MR) is 65.2 cm³/mol. The van der Waals surface area contributed by atoms with Crippen molar-refractivity contribution in [3.8, 4) is 0 Å². The van der Waals surface area contributed by atoms with Crippen LogP contribution in [0.3, 0.4) is 0 Å². The second-order valence-electron chi connectivity index (χ2n) is 5.76. The van der Waals surface area contributed by atoms with E-state index in [2.05, 4.69) is 4.90 Å². The summed E-state index contributed by atoms with van der Waals surface area (Å²) in [5, 5.41) is 0.